The monoisotopic (exact) mass is 368 g/mol. The highest BCUT2D eigenvalue weighted by Crippen LogP contribution is 2.30. The zero-order valence-electron chi connectivity index (χ0n) is 15.3. The number of alkyl halides is 3. The minimum absolute atomic E-state index is 0.0131. The molecule has 1 aliphatic heterocycles. The zero-order valence-corrected chi connectivity index (χ0v) is 15.3. The van der Waals surface area contributed by atoms with Crippen molar-refractivity contribution >= 4 is 5.91 Å². The number of hydrogen-bond acceptors (Lipinski definition) is 2. The van der Waals surface area contributed by atoms with Crippen molar-refractivity contribution in [1.29, 1.82) is 0 Å². The van der Waals surface area contributed by atoms with Crippen LogP contribution in [0.2, 0.25) is 0 Å². The highest BCUT2D eigenvalue weighted by atomic mass is 19.4. The minimum atomic E-state index is -4.34. The molecule has 3 rings (SSSR count). The third-order valence-corrected chi connectivity index (χ3v) is 5.83. The SMILES string of the molecule is CN(C(=O)Cc1ccc(C(F)(F)F)cc1)C1CCCCC1N1CCCC1. The first-order valence-electron chi connectivity index (χ1n) is 9.52. The maximum absolute atomic E-state index is 12.7. The Kier molecular flexibility index (Phi) is 5.90. The summed E-state index contributed by atoms with van der Waals surface area (Å²) in [4.78, 5) is 17.1. The van der Waals surface area contributed by atoms with Crippen molar-refractivity contribution in [3.8, 4) is 0 Å². The van der Waals surface area contributed by atoms with Crippen molar-refractivity contribution < 1.29 is 18.0 Å². The van der Waals surface area contributed by atoms with Crippen LogP contribution < -0.4 is 0 Å². The Labute approximate surface area is 153 Å². The molecule has 0 spiro atoms. The average Bonchev–Trinajstić information content (AvgIpc) is 3.15. The number of likely N-dealkylation sites (N-methyl/N-ethyl adjacent to an activating group) is 1. The summed E-state index contributed by atoms with van der Waals surface area (Å²) >= 11 is 0. The minimum Gasteiger partial charge on any atom is -0.341 e. The molecule has 6 heteroatoms. The van der Waals surface area contributed by atoms with Gasteiger partial charge >= 0.3 is 6.18 Å². The highest BCUT2D eigenvalue weighted by Gasteiger charge is 2.35. The lowest BCUT2D eigenvalue weighted by molar-refractivity contribution is -0.137. The molecule has 26 heavy (non-hydrogen) atoms. The van der Waals surface area contributed by atoms with Gasteiger partial charge in [-0.15, -0.1) is 0 Å². The van der Waals surface area contributed by atoms with Gasteiger partial charge in [-0.3, -0.25) is 9.69 Å². The number of halogens is 3. The standard InChI is InChI=1S/C20H27F3N2O/c1-24(17-6-2-3-7-18(17)25-12-4-5-13-25)19(26)14-15-8-10-16(11-9-15)20(21,22)23/h8-11,17-18H,2-7,12-14H2,1H3. The molecule has 0 N–H and O–H groups in total. The molecule has 1 aromatic rings. The lowest BCUT2D eigenvalue weighted by atomic mass is 9.88. The first kappa shape index (κ1) is 19.2. The number of benzene rings is 1. The summed E-state index contributed by atoms with van der Waals surface area (Å²) in [5.74, 6) is -0.0131. The number of likely N-dealkylation sites (tertiary alicyclic amines) is 1. The van der Waals surface area contributed by atoms with Crippen LogP contribution in [0.1, 0.15) is 49.7 Å². The molecule has 1 aromatic carbocycles. The van der Waals surface area contributed by atoms with Crippen molar-refractivity contribution in [2.75, 3.05) is 20.1 Å². The van der Waals surface area contributed by atoms with Crippen molar-refractivity contribution in [1.82, 2.24) is 9.80 Å². The second-order valence-electron chi connectivity index (χ2n) is 7.54. The van der Waals surface area contributed by atoms with Crippen molar-refractivity contribution in [2.24, 2.45) is 0 Å². The Morgan fingerprint density at radius 3 is 2.31 bits per heavy atom. The maximum atomic E-state index is 12.7. The summed E-state index contributed by atoms with van der Waals surface area (Å²) < 4.78 is 38.0. The molecule has 2 atom stereocenters. The largest absolute Gasteiger partial charge is 0.416 e. The van der Waals surface area contributed by atoms with Gasteiger partial charge in [0, 0.05) is 19.1 Å². The number of rotatable bonds is 4. The lowest BCUT2D eigenvalue weighted by Gasteiger charge is -2.42. The molecule has 0 aromatic heterocycles. The Hall–Kier alpha value is -1.56. The second kappa shape index (κ2) is 7.99. The topological polar surface area (TPSA) is 23.6 Å². The second-order valence-corrected chi connectivity index (χ2v) is 7.54. The fourth-order valence-corrected chi connectivity index (χ4v) is 4.34. The predicted octanol–water partition coefficient (Wildman–Crippen LogP) is 4.11. The van der Waals surface area contributed by atoms with Gasteiger partial charge in [0.25, 0.3) is 0 Å². The first-order chi connectivity index (χ1) is 12.4. The van der Waals surface area contributed by atoms with Gasteiger partial charge in [-0.25, -0.2) is 0 Å². The Bertz CT molecular complexity index is 608. The Balaban J connectivity index is 1.64. The van der Waals surface area contributed by atoms with Gasteiger partial charge in [-0.1, -0.05) is 25.0 Å². The van der Waals surface area contributed by atoms with Crippen LogP contribution in [0.15, 0.2) is 24.3 Å². The first-order valence-corrected chi connectivity index (χ1v) is 9.52. The van der Waals surface area contributed by atoms with E-state index < -0.39 is 11.7 Å². The molecular formula is C20H27F3N2O. The molecule has 1 heterocycles. The molecule has 1 aliphatic carbocycles. The highest BCUT2D eigenvalue weighted by molar-refractivity contribution is 5.79. The van der Waals surface area contributed by atoms with Gasteiger partial charge in [0.05, 0.1) is 12.0 Å². The van der Waals surface area contributed by atoms with Crippen molar-refractivity contribution in [3.05, 3.63) is 35.4 Å². The van der Waals surface area contributed by atoms with Crippen LogP contribution in [0, 0.1) is 0 Å². The summed E-state index contributed by atoms with van der Waals surface area (Å²) in [6, 6.07) is 5.56. The van der Waals surface area contributed by atoms with E-state index >= 15 is 0 Å². The van der Waals surface area contributed by atoms with E-state index in [9.17, 15) is 18.0 Å². The van der Waals surface area contributed by atoms with E-state index in [-0.39, 0.29) is 18.4 Å². The zero-order chi connectivity index (χ0) is 18.7. The molecule has 0 bridgehead atoms. The van der Waals surface area contributed by atoms with Crippen LogP contribution in [0.3, 0.4) is 0 Å². The Morgan fingerprint density at radius 2 is 1.69 bits per heavy atom. The van der Waals surface area contributed by atoms with Crippen LogP contribution in [-0.4, -0.2) is 47.9 Å². The van der Waals surface area contributed by atoms with Crippen LogP contribution in [0.5, 0.6) is 0 Å². The van der Waals surface area contributed by atoms with Gasteiger partial charge in [0.1, 0.15) is 0 Å². The van der Waals surface area contributed by atoms with Gasteiger partial charge in [-0.05, 0) is 56.5 Å². The third kappa shape index (κ3) is 4.40. The summed E-state index contributed by atoms with van der Waals surface area (Å²) in [7, 11) is 1.85. The number of carbonyl (C=O) groups excluding carboxylic acids is 1. The summed E-state index contributed by atoms with van der Waals surface area (Å²) in [6.45, 7) is 2.23. The summed E-state index contributed by atoms with van der Waals surface area (Å²) in [5, 5.41) is 0. The third-order valence-electron chi connectivity index (χ3n) is 5.83. The van der Waals surface area contributed by atoms with Gasteiger partial charge in [-0.2, -0.15) is 13.2 Å². The quantitative estimate of drug-likeness (QED) is 0.798. The molecule has 2 fully saturated rings. The smallest absolute Gasteiger partial charge is 0.341 e. The molecule has 1 amide bonds. The number of amides is 1. The molecule has 144 valence electrons. The van der Waals surface area contributed by atoms with Crippen LogP contribution in [0.25, 0.3) is 0 Å². The van der Waals surface area contributed by atoms with Crippen molar-refractivity contribution in [2.45, 2.75) is 63.2 Å². The van der Waals surface area contributed by atoms with E-state index in [0.29, 0.717) is 11.6 Å². The molecule has 0 radical (unpaired) electrons. The predicted molar refractivity (Wildman–Crippen MR) is 94.8 cm³/mol. The molecule has 1 saturated heterocycles. The molecular weight excluding hydrogens is 341 g/mol. The summed E-state index contributed by atoms with van der Waals surface area (Å²) in [6.07, 6.45) is 2.74. The molecule has 2 unspecified atom stereocenters. The number of carbonyl (C=O) groups is 1. The van der Waals surface area contributed by atoms with Crippen molar-refractivity contribution in [3.63, 3.8) is 0 Å². The van der Waals surface area contributed by atoms with Gasteiger partial charge in [0.2, 0.25) is 5.91 Å². The lowest BCUT2D eigenvalue weighted by Crippen LogP contribution is -2.53. The van der Waals surface area contributed by atoms with Gasteiger partial charge < -0.3 is 4.90 Å². The van der Waals surface area contributed by atoms with Crippen LogP contribution >= 0.6 is 0 Å². The fourth-order valence-electron chi connectivity index (χ4n) is 4.34. The average molecular weight is 368 g/mol. The maximum Gasteiger partial charge on any atom is 0.416 e. The Morgan fingerprint density at radius 1 is 1.08 bits per heavy atom. The molecule has 3 nitrogen and oxygen atoms in total. The molecule has 2 aliphatic rings. The van der Waals surface area contributed by atoms with E-state index in [4.69, 9.17) is 0 Å². The normalized spacial score (nSPS) is 24.6. The van der Waals surface area contributed by atoms with E-state index in [2.05, 4.69) is 4.90 Å². The van der Waals surface area contributed by atoms with Crippen LogP contribution in [-0.2, 0) is 17.4 Å². The van der Waals surface area contributed by atoms with Gasteiger partial charge in [0.15, 0.2) is 0 Å². The molecule has 1 saturated carbocycles. The summed E-state index contributed by atoms with van der Waals surface area (Å²) in [5.41, 5.74) is -0.0492. The number of nitrogens with zero attached hydrogens (tertiary/aromatic N) is 2. The van der Waals surface area contributed by atoms with Crippen LogP contribution in [0.4, 0.5) is 13.2 Å². The number of hydrogen-bond donors (Lipinski definition) is 0. The van der Waals surface area contributed by atoms with E-state index in [1.165, 1.54) is 31.4 Å². The van der Waals surface area contributed by atoms with E-state index in [0.717, 1.165) is 44.5 Å². The fraction of sp³-hybridized carbons (Fsp3) is 0.650. The van der Waals surface area contributed by atoms with E-state index in [1.54, 1.807) is 0 Å². The van der Waals surface area contributed by atoms with E-state index in [1.807, 2.05) is 11.9 Å².